The molecule has 6 rings (SSSR count). The number of fused-ring (bicyclic) bond motifs is 2. The molecule has 1 saturated heterocycles. The number of anilines is 3. The van der Waals surface area contributed by atoms with Crippen molar-refractivity contribution in [3.05, 3.63) is 65.6 Å². The van der Waals surface area contributed by atoms with Gasteiger partial charge >= 0.3 is 0 Å². The fraction of sp³-hybridized carbons (Fsp3) is 0.240. The number of nitrogens with zero attached hydrogens (tertiary/aromatic N) is 6. The van der Waals surface area contributed by atoms with E-state index < -0.39 is 0 Å². The van der Waals surface area contributed by atoms with Crippen molar-refractivity contribution in [3.8, 4) is 11.3 Å². The number of pyridine rings is 2. The van der Waals surface area contributed by atoms with Crippen LogP contribution in [-0.4, -0.2) is 67.8 Å². The van der Waals surface area contributed by atoms with Gasteiger partial charge < -0.3 is 20.1 Å². The van der Waals surface area contributed by atoms with Crippen molar-refractivity contribution >= 4 is 39.0 Å². The molecule has 5 heterocycles. The maximum absolute atomic E-state index is 12.7. The van der Waals surface area contributed by atoms with E-state index in [-0.39, 0.29) is 5.56 Å². The molecule has 10 nitrogen and oxygen atoms in total. The van der Waals surface area contributed by atoms with Gasteiger partial charge in [-0.1, -0.05) is 6.92 Å². The number of likely N-dealkylation sites (N-methyl/N-ethyl adjacent to an activating group) is 1. The lowest BCUT2D eigenvalue weighted by molar-refractivity contribution is 0.270. The van der Waals surface area contributed by atoms with Crippen molar-refractivity contribution in [1.29, 1.82) is 0 Å². The van der Waals surface area contributed by atoms with Crippen LogP contribution in [0.3, 0.4) is 0 Å². The average molecular weight is 468 g/mol. The highest BCUT2D eigenvalue weighted by molar-refractivity contribution is 5.97. The van der Waals surface area contributed by atoms with Gasteiger partial charge in [-0.15, -0.1) is 0 Å². The summed E-state index contributed by atoms with van der Waals surface area (Å²) in [7, 11) is 0. The number of benzene rings is 1. The number of hydrogen-bond donors (Lipinski definition) is 3. The molecule has 0 bridgehead atoms. The molecular weight excluding hydrogens is 442 g/mol. The molecule has 35 heavy (non-hydrogen) atoms. The number of piperazine rings is 1. The van der Waals surface area contributed by atoms with Gasteiger partial charge in [-0.2, -0.15) is 5.10 Å². The monoisotopic (exact) mass is 467 g/mol. The van der Waals surface area contributed by atoms with Crippen LogP contribution in [0.2, 0.25) is 0 Å². The van der Waals surface area contributed by atoms with Gasteiger partial charge in [0.25, 0.3) is 5.56 Å². The molecular formula is C25H25N9O. The summed E-state index contributed by atoms with van der Waals surface area (Å²) in [6.45, 7) is 7.28. The standard InChI is InChI=1S/C25H25N9O/c1-2-33-7-9-34(10-8-33)24-19-4-3-18(12-21(19)31-32-24)29-23-22-16(5-6-28-25(22)35)11-20(30-23)17-13-26-15-27-14-17/h3-6,11-15H,2,7-10H2,1H3,(H,28,35)(H,29,30)(H,31,32). The highest BCUT2D eigenvalue weighted by Crippen LogP contribution is 2.31. The molecule has 0 radical (unpaired) electrons. The Kier molecular flexibility index (Phi) is 5.34. The zero-order valence-electron chi connectivity index (χ0n) is 19.3. The molecule has 3 N–H and O–H groups in total. The first-order valence-corrected chi connectivity index (χ1v) is 11.7. The van der Waals surface area contributed by atoms with Gasteiger partial charge in [-0.3, -0.25) is 9.89 Å². The third-order valence-corrected chi connectivity index (χ3v) is 6.54. The maximum atomic E-state index is 12.7. The Hall–Kier alpha value is -4.31. The molecule has 10 heteroatoms. The summed E-state index contributed by atoms with van der Waals surface area (Å²) < 4.78 is 0. The van der Waals surface area contributed by atoms with Gasteiger partial charge in [0, 0.05) is 61.4 Å². The fourth-order valence-corrected chi connectivity index (χ4v) is 4.62. The zero-order valence-corrected chi connectivity index (χ0v) is 19.3. The smallest absolute Gasteiger partial charge is 0.259 e. The summed E-state index contributed by atoms with van der Waals surface area (Å²) in [5, 5.41) is 13.5. The molecule has 0 atom stereocenters. The third-order valence-electron chi connectivity index (χ3n) is 6.54. The lowest BCUT2D eigenvalue weighted by Gasteiger charge is -2.34. The first kappa shape index (κ1) is 21.2. The highest BCUT2D eigenvalue weighted by atomic mass is 16.1. The molecule has 0 saturated carbocycles. The van der Waals surface area contributed by atoms with E-state index in [2.05, 4.69) is 53.3 Å². The van der Waals surface area contributed by atoms with E-state index in [1.165, 1.54) is 6.33 Å². The SMILES string of the molecule is CCN1CCN(c2n[nH]c3cc(Nc4nc(-c5cncnc5)cc5cc[nH]c(=O)c45)ccc23)CC1. The first-order chi connectivity index (χ1) is 17.2. The van der Waals surface area contributed by atoms with Crippen LogP contribution < -0.4 is 15.8 Å². The van der Waals surface area contributed by atoms with Crippen molar-refractivity contribution in [2.24, 2.45) is 0 Å². The van der Waals surface area contributed by atoms with E-state index in [4.69, 9.17) is 4.98 Å². The normalized spacial score (nSPS) is 14.6. The van der Waals surface area contributed by atoms with Crippen LogP contribution in [0, 0.1) is 0 Å². The molecule has 0 aliphatic carbocycles. The van der Waals surface area contributed by atoms with Gasteiger partial charge in [0.1, 0.15) is 12.1 Å². The Labute approximate surface area is 201 Å². The molecule has 1 aliphatic rings. The first-order valence-electron chi connectivity index (χ1n) is 11.7. The Balaban J connectivity index is 1.36. The summed E-state index contributed by atoms with van der Waals surface area (Å²) in [6, 6.07) is 9.78. The van der Waals surface area contributed by atoms with E-state index in [0.29, 0.717) is 16.9 Å². The second-order valence-corrected chi connectivity index (χ2v) is 8.61. The summed E-state index contributed by atoms with van der Waals surface area (Å²) in [5.74, 6) is 1.45. The molecule has 1 fully saturated rings. The minimum Gasteiger partial charge on any atom is -0.352 e. The van der Waals surface area contributed by atoms with Crippen LogP contribution in [0.4, 0.5) is 17.3 Å². The van der Waals surface area contributed by atoms with Crippen LogP contribution in [0.5, 0.6) is 0 Å². The molecule has 0 amide bonds. The van der Waals surface area contributed by atoms with Crippen molar-refractivity contribution in [2.45, 2.75) is 6.92 Å². The van der Waals surface area contributed by atoms with Crippen LogP contribution in [0.1, 0.15) is 6.92 Å². The predicted octanol–water partition coefficient (Wildman–Crippen LogP) is 3.14. The number of H-pyrrole nitrogens is 2. The topological polar surface area (TPSA) is 119 Å². The van der Waals surface area contributed by atoms with Crippen LogP contribution in [0.25, 0.3) is 32.9 Å². The Morgan fingerprint density at radius 1 is 1.06 bits per heavy atom. The average Bonchev–Trinajstić information content (AvgIpc) is 3.32. The number of hydrogen-bond acceptors (Lipinski definition) is 8. The lowest BCUT2D eigenvalue weighted by atomic mass is 10.1. The van der Waals surface area contributed by atoms with E-state index in [1.807, 2.05) is 24.3 Å². The molecule has 0 spiro atoms. The lowest BCUT2D eigenvalue weighted by Crippen LogP contribution is -2.46. The van der Waals surface area contributed by atoms with Crippen molar-refractivity contribution in [2.75, 3.05) is 42.9 Å². The van der Waals surface area contributed by atoms with Gasteiger partial charge in [0.15, 0.2) is 5.82 Å². The highest BCUT2D eigenvalue weighted by Gasteiger charge is 2.20. The largest absolute Gasteiger partial charge is 0.352 e. The molecule has 1 aromatic carbocycles. The molecule has 1 aliphatic heterocycles. The minimum absolute atomic E-state index is 0.204. The Bertz CT molecular complexity index is 1550. The molecule has 5 aromatic rings. The Morgan fingerprint density at radius 3 is 2.69 bits per heavy atom. The Morgan fingerprint density at radius 2 is 1.89 bits per heavy atom. The molecule has 176 valence electrons. The number of aromatic amines is 2. The second-order valence-electron chi connectivity index (χ2n) is 8.61. The number of aromatic nitrogens is 6. The van der Waals surface area contributed by atoms with Crippen molar-refractivity contribution in [1.82, 2.24) is 35.0 Å². The summed E-state index contributed by atoms with van der Waals surface area (Å²) in [4.78, 5) is 33.2. The summed E-state index contributed by atoms with van der Waals surface area (Å²) in [5.41, 5.74) is 2.98. The summed E-state index contributed by atoms with van der Waals surface area (Å²) >= 11 is 0. The van der Waals surface area contributed by atoms with E-state index >= 15 is 0 Å². The van der Waals surface area contributed by atoms with Gasteiger partial charge in [-0.25, -0.2) is 15.0 Å². The molecule has 0 unspecified atom stereocenters. The summed E-state index contributed by atoms with van der Waals surface area (Å²) in [6.07, 6.45) is 6.53. The van der Waals surface area contributed by atoms with E-state index in [1.54, 1.807) is 18.6 Å². The van der Waals surface area contributed by atoms with Crippen LogP contribution in [-0.2, 0) is 0 Å². The van der Waals surface area contributed by atoms with Crippen molar-refractivity contribution in [3.63, 3.8) is 0 Å². The van der Waals surface area contributed by atoms with E-state index in [0.717, 1.165) is 66.1 Å². The van der Waals surface area contributed by atoms with Gasteiger partial charge in [0.2, 0.25) is 0 Å². The number of rotatable bonds is 5. The van der Waals surface area contributed by atoms with Gasteiger partial charge in [0.05, 0.1) is 16.6 Å². The maximum Gasteiger partial charge on any atom is 0.259 e. The minimum atomic E-state index is -0.204. The quantitative estimate of drug-likeness (QED) is 0.361. The second kappa shape index (κ2) is 8.80. The molecule has 4 aromatic heterocycles. The van der Waals surface area contributed by atoms with E-state index in [9.17, 15) is 4.79 Å². The fourth-order valence-electron chi connectivity index (χ4n) is 4.62. The predicted molar refractivity (Wildman–Crippen MR) is 137 cm³/mol. The number of nitrogens with one attached hydrogen (secondary N) is 3. The third kappa shape index (κ3) is 3.97. The van der Waals surface area contributed by atoms with Crippen molar-refractivity contribution < 1.29 is 0 Å². The van der Waals surface area contributed by atoms with Gasteiger partial charge in [-0.05, 0) is 42.3 Å². The van der Waals surface area contributed by atoms with Crippen LogP contribution >= 0.6 is 0 Å². The van der Waals surface area contributed by atoms with Crippen LogP contribution in [0.15, 0.2) is 60.0 Å². The zero-order chi connectivity index (χ0) is 23.8.